The van der Waals surface area contributed by atoms with Crippen molar-refractivity contribution in [3.63, 3.8) is 0 Å². The summed E-state index contributed by atoms with van der Waals surface area (Å²) < 4.78 is 0. The number of rotatable bonds is 3. The Morgan fingerprint density at radius 1 is 1.62 bits per heavy atom. The van der Waals surface area contributed by atoms with Crippen molar-refractivity contribution in [3.8, 4) is 10.6 Å². The van der Waals surface area contributed by atoms with Gasteiger partial charge in [0.05, 0.1) is 10.6 Å². The van der Waals surface area contributed by atoms with Crippen molar-refractivity contribution in [2.75, 3.05) is 13.1 Å². The number of nitrogens with two attached hydrogens (primary N) is 1. The van der Waals surface area contributed by atoms with Crippen LogP contribution in [0.3, 0.4) is 0 Å². The van der Waals surface area contributed by atoms with Crippen molar-refractivity contribution in [3.05, 3.63) is 29.3 Å². The van der Waals surface area contributed by atoms with E-state index in [0.717, 1.165) is 30.0 Å². The molecule has 1 fully saturated rings. The quantitative estimate of drug-likeness (QED) is 0.914. The number of H-pyrrole nitrogens is 1. The number of nitrogens with one attached hydrogen (secondary N) is 1. The lowest BCUT2D eigenvalue weighted by Gasteiger charge is -2.39. The highest BCUT2D eigenvalue weighted by Gasteiger charge is 2.32. The van der Waals surface area contributed by atoms with Gasteiger partial charge < -0.3 is 10.6 Å². The van der Waals surface area contributed by atoms with Crippen LogP contribution in [0.4, 0.5) is 0 Å². The second-order valence-corrected chi connectivity index (χ2v) is 6.51. The molecule has 21 heavy (non-hydrogen) atoms. The lowest BCUT2D eigenvalue weighted by molar-refractivity contribution is 0.0526. The second kappa shape index (κ2) is 5.99. The van der Waals surface area contributed by atoms with Crippen molar-refractivity contribution in [2.45, 2.75) is 25.8 Å². The molecule has 0 aromatic carbocycles. The van der Waals surface area contributed by atoms with Gasteiger partial charge in [-0.25, -0.2) is 0 Å². The van der Waals surface area contributed by atoms with Crippen molar-refractivity contribution in [1.82, 2.24) is 15.1 Å². The van der Waals surface area contributed by atoms with Crippen molar-refractivity contribution < 1.29 is 4.79 Å². The number of aromatic nitrogens is 2. The summed E-state index contributed by atoms with van der Waals surface area (Å²) in [6, 6.07) is 5.95. The molecular formula is C15H20N4OS. The van der Waals surface area contributed by atoms with Gasteiger partial charge in [0.1, 0.15) is 0 Å². The SMILES string of the molecule is C[C@@H]1CCCN(C(=O)c2cc(-c3cccs3)[nH]n2)[C@H]1CN. The average Bonchev–Trinajstić information content (AvgIpc) is 3.16. The molecule has 0 unspecified atom stereocenters. The monoisotopic (exact) mass is 304 g/mol. The first-order valence-electron chi connectivity index (χ1n) is 7.31. The molecule has 2 aromatic heterocycles. The van der Waals surface area contributed by atoms with Gasteiger partial charge in [0.25, 0.3) is 5.91 Å². The van der Waals surface area contributed by atoms with Crippen LogP contribution in [0.5, 0.6) is 0 Å². The first-order chi connectivity index (χ1) is 10.2. The van der Waals surface area contributed by atoms with Gasteiger partial charge in [0.2, 0.25) is 0 Å². The lowest BCUT2D eigenvalue weighted by atomic mass is 9.90. The Labute approximate surface area is 128 Å². The van der Waals surface area contributed by atoms with Gasteiger partial charge in [-0.05, 0) is 36.3 Å². The molecule has 5 nitrogen and oxygen atoms in total. The molecule has 0 bridgehead atoms. The first-order valence-corrected chi connectivity index (χ1v) is 8.19. The number of hydrogen-bond acceptors (Lipinski definition) is 4. The number of hydrogen-bond donors (Lipinski definition) is 2. The fraction of sp³-hybridized carbons (Fsp3) is 0.467. The Bertz CT molecular complexity index is 607. The topological polar surface area (TPSA) is 75.0 Å². The van der Waals surface area contributed by atoms with Crippen LogP contribution in [0.15, 0.2) is 23.6 Å². The van der Waals surface area contributed by atoms with Crippen molar-refractivity contribution >= 4 is 17.2 Å². The number of aromatic amines is 1. The van der Waals surface area contributed by atoms with E-state index in [0.29, 0.717) is 18.2 Å². The van der Waals surface area contributed by atoms with E-state index >= 15 is 0 Å². The molecule has 0 spiro atoms. The molecule has 1 aliphatic rings. The van der Waals surface area contributed by atoms with Crippen molar-refractivity contribution in [2.24, 2.45) is 11.7 Å². The van der Waals surface area contributed by atoms with E-state index in [2.05, 4.69) is 17.1 Å². The first kappa shape index (κ1) is 14.3. The van der Waals surface area contributed by atoms with Crippen molar-refractivity contribution in [1.29, 1.82) is 0 Å². The minimum atomic E-state index is -0.0175. The van der Waals surface area contributed by atoms with Crippen LogP contribution in [-0.4, -0.2) is 40.1 Å². The summed E-state index contributed by atoms with van der Waals surface area (Å²) in [6.45, 7) is 3.44. The normalized spacial score (nSPS) is 22.5. The van der Waals surface area contributed by atoms with Crippen LogP contribution in [0.25, 0.3) is 10.6 Å². The van der Waals surface area contributed by atoms with E-state index < -0.39 is 0 Å². The maximum Gasteiger partial charge on any atom is 0.274 e. The van der Waals surface area contributed by atoms with Gasteiger partial charge in [-0.3, -0.25) is 9.89 Å². The van der Waals surface area contributed by atoms with Gasteiger partial charge in [-0.1, -0.05) is 13.0 Å². The summed E-state index contributed by atoms with van der Waals surface area (Å²) in [6.07, 6.45) is 2.16. The maximum absolute atomic E-state index is 12.7. The highest BCUT2D eigenvalue weighted by Crippen LogP contribution is 2.26. The molecule has 1 amide bonds. The highest BCUT2D eigenvalue weighted by molar-refractivity contribution is 7.13. The summed E-state index contributed by atoms with van der Waals surface area (Å²) in [5, 5.41) is 9.15. The lowest BCUT2D eigenvalue weighted by Crippen LogP contribution is -2.51. The Morgan fingerprint density at radius 3 is 3.19 bits per heavy atom. The van der Waals surface area contributed by atoms with Crippen LogP contribution >= 0.6 is 11.3 Å². The van der Waals surface area contributed by atoms with E-state index in [1.54, 1.807) is 11.3 Å². The zero-order valence-corrected chi connectivity index (χ0v) is 12.9. The standard InChI is InChI=1S/C15H20N4OS/c1-10-4-2-6-19(13(10)9-16)15(20)12-8-11(17-18-12)14-5-3-7-21-14/h3,5,7-8,10,13H,2,4,6,9,16H2,1H3,(H,17,18)/t10-,13+/m1/s1. The Kier molecular flexibility index (Phi) is 4.07. The van der Waals surface area contributed by atoms with Gasteiger partial charge >= 0.3 is 0 Å². The number of thiophene rings is 1. The molecule has 112 valence electrons. The third-order valence-corrected chi connectivity index (χ3v) is 5.10. The minimum Gasteiger partial charge on any atom is -0.333 e. The molecule has 3 N–H and O–H groups in total. The third-order valence-electron chi connectivity index (χ3n) is 4.20. The second-order valence-electron chi connectivity index (χ2n) is 5.57. The van der Waals surface area contributed by atoms with Crippen LogP contribution in [0.2, 0.25) is 0 Å². The molecule has 3 heterocycles. The number of carbonyl (C=O) groups excluding carboxylic acids is 1. The van der Waals surface area contributed by atoms with Gasteiger partial charge in [0, 0.05) is 19.1 Å². The Balaban J connectivity index is 1.81. The van der Waals surface area contributed by atoms with E-state index in [1.807, 2.05) is 28.5 Å². The number of nitrogens with zero attached hydrogens (tertiary/aromatic N) is 2. The summed E-state index contributed by atoms with van der Waals surface area (Å²) in [4.78, 5) is 15.7. The zero-order valence-electron chi connectivity index (χ0n) is 12.1. The van der Waals surface area contributed by atoms with Crippen LogP contribution in [-0.2, 0) is 0 Å². The number of amides is 1. The van der Waals surface area contributed by atoms with E-state index in [4.69, 9.17) is 5.73 Å². The summed E-state index contributed by atoms with van der Waals surface area (Å²) in [5.41, 5.74) is 7.23. The maximum atomic E-state index is 12.7. The third kappa shape index (κ3) is 2.73. The Hall–Kier alpha value is -1.66. The molecule has 3 rings (SSSR count). The van der Waals surface area contributed by atoms with E-state index in [-0.39, 0.29) is 11.9 Å². The number of likely N-dealkylation sites (tertiary alicyclic amines) is 1. The zero-order chi connectivity index (χ0) is 14.8. The fourth-order valence-electron chi connectivity index (χ4n) is 3.00. The largest absolute Gasteiger partial charge is 0.333 e. The molecule has 2 aromatic rings. The van der Waals surface area contributed by atoms with Gasteiger partial charge in [-0.15, -0.1) is 11.3 Å². The molecule has 1 saturated heterocycles. The van der Waals surface area contributed by atoms with Crippen LogP contribution < -0.4 is 5.73 Å². The average molecular weight is 304 g/mol. The van der Waals surface area contributed by atoms with Gasteiger partial charge in [-0.2, -0.15) is 5.10 Å². The van der Waals surface area contributed by atoms with Gasteiger partial charge in [0.15, 0.2) is 5.69 Å². The fourth-order valence-corrected chi connectivity index (χ4v) is 3.69. The molecule has 0 radical (unpaired) electrons. The van der Waals surface area contributed by atoms with Crippen LogP contribution in [0, 0.1) is 5.92 Å². The molecular weight excluding hydrogens is 284 g/mol. The number of carbonyl (C=O) groups is 1. The number of piperidine rings is 1. The van der Waals surface area contributed by atoms with Crippen LogP contribution in [0.1, 0.15) is 30.3 Å². The molecule has 1 aliphatic heterocycles. The molecule has 0 saturated carbocycles. The van der Waals surface area contributed by atoms with E-state index in [9.17, 15) is 4.79 Å². The summed E-state index contributed by atoms with van der Waals surface area (Å²) in [5.74, 6) is 0.430. The molecule has 0 aliphatic carbocycles. The minimum absolute atomic E-state index is 0.0175. The summed E-state index contributed by atoms with van der Waals surface area (Å²) >= 11 is 1.63. The van der Waals surface area contributed by atoms with E-state index in [1.165, 1.54) is 0 Å². The smallest absolute Gasteiger partial charge is 0.274 e. The summed E-state index contributed by atoms with van der Waals surface area (Å²) in [7, 11) is 0. The Morgan fingerprint density at radius 2 is 2.48 bits per heavy atom. The predicted octanol–water partition coefficient (Wildman–Crippen LogP) is 2.34. The molecule has 6 heteroatoms. The predicted molar refractivity (Wildman–Crippen MR) is 84.2 cm³/mol. The molecule has 2 atom stereocenters. The highest BCUT2D eigenvalue weighted by atomic mass is 32.1.